The SMILES string of the molecule is O=C(OCc1ccccc1F)C1C(O)c2ccsc2CN1Cc1ccccc1F. The number of thiophene rings is 1. The van der Waals surface area contributed by atoms with E-state index in [9.17, 15) is 18.7 Å². The van der Waals surface area contributed by atoms with Gasteiger partial charge >= 0.3 is 5.97 Å². The number of rotatable bonds is 5. The van der Waals surface area contributed by atoms with Crippen LogP contribution >= 0.6 is 11.3 Å². The highest BCUT2D eigenvalue weighted by molar-refractivity contribution is 7.10. The summed E-state index contributed by atoms with van der Waals surface area (Å²) >= 11 is 1.48. The summed E-state index contributed by atoms with van der Waals surface area (Å²) in [5.41, 5.74) is 1.35. The third-order valence-electron chi connectivity index (χ3n) is 5.04. The second kappa shape index (κ2) is 8.41. The maximum Gasteiger partial charge on any atom is 0.326 e. The second-order valence-electron chi connectivity index (χ2n) is 6.88. The highest BCUT2D eigenvalue weighted by Gasteiger charge is 2.40. The van der Waals surface area contributed by atoms with Crippen LogP contribution in [0.15, 0.2) is 60.0 Å². The van der Waals surface area contributed by atoms with Crippen molar-refractivity contribution in [2.45, 2.75) is 31.8 Å². The van der Waals surface area contributed by atoms with Gasteiger partial charge in [0.1, 0.15) is 30.4 Å². The topological polar surface area (TPSA) is 49.8 Å². The molecule has 0 amide bonds. The van der Waals surface area contributed by atoms with Gasteiger partial charge < -0.3 is 9.84 Å². The van der Waals surface area contributed by atoms with Crippen molar-refractivity contribution in [1.82, 2.24) is 4.90 Å². The smallest absolute Gasteiger partial charge is 0.326 e. The standard InChI is InChI=1S/C22H19F2NO3S/c23-17-7-3-1-5-14(17)11-25-12-19-16(9-10-29-19)21(26)20(25)22(27)28-13-15-6-2-4-8-18(15)24/h1-10,20-21,26H,11-13H2. The van der Waals surface area contributed by atoms with Crippen molar-refractivity contribution < 1.29 is 23.4 Å². The number of esters is 1. The Morgan fingerprint density at radius 3 is 2.41 bits per heavy atom. The van der Waals surface area contributed by atoms with E-state index in [0.29, 0.717) is 17.7 Å². The van der Waals surface area contributed by atoms with Crippen molar-refractivity contribution in [3.05, 3.63) is 93.2 Å². The van der Waals surface area contributed by atoms with E-state index >= 15 is 0 Å². The molecule has 150 valence electrons. The van der Waals surface area contributed by atoms with Gasteiger partial charge in [-0.2, -0.15) is 0 Å². The summed E-state index contributed by atoms with van der Waals surface area (Å²) in [5.74, 6) is -1.51. The molecule has 3 aromatic rings. The Morgan fingerprint density at radius 2 is 1.72 bits per heavy atom. The predicted octanol–water partition coefficient (Wildman–Crippen LogP) is 4.19. The molecule has 2 unspecified atom stereocenters. The first kappa shape index (κ1) is 19.7. The van der Waals surface area contributed by atoms with E-state index in [1.165, 1.54) is 29.5 Å². The van der Waals surface area contributed by atoms with Crippen molar-refractivity contribution in [2.75, 3.05) is 0 Å². The van der Waals surface area contributed by atoms with Crippen LogP contribution in [0.4, 0.5) is 8.78 Å². The van der Waals surface area contributed by atoms with Gasteiger partial charge in [-0.25, -0.2) is 8.78 Å². The minimum absolute atomic E-state index is 0.139. The summed E-state index contributed by atoms with van der Waals surface area (Å²) in [6.07, 6.45) is -1.11. The van der Waals surface area contributed by atoms with Crippen molar-refractivity contribution in [1.29, 1.82) is 0 Å². The fourth-order valence-corrected chi connectivity index (χ4v) is 4.47. The van der Waals surface area contributed by atoms with Crippen LogP contribution in [0.3, 0.4) is 0 Å². The van der Waals surface area contributed by atoms with Crippen LogP contribution in [0.25, 0.3) is 0 Å². The molecule has 1 N–H and O–H groups in total. The van der Waals surface area contributed by atoms with Gasteiger partial charge in [0.25, 0.3) is 0 Å². The van der Waals surface area contributed by atoms with Crippen LogP contribution in [0.5, 0.6) is 0 Å². The number of benzene rings is 2. The molecule has 2 atom stereocenters. The Kier molecular flexibility index (Phi) is 5.71. The van der Waals surface area contributed by atoms with Crippen LogP contribution < -0.4 is 0 Å². The zero-order valence-corrected chi connectivity index (χ0v) is 16.2. The van der Waals surface area contributed by atoms with Gasteiger partial charge in [0, 0.05) is 29.1 Å². The summed E-state index contributed by atoms with van der Waals surface area (Å²) in [6.45, 7) is 0.289. The summed E-state index contributed by atoms with van der Waals surface area (Å²) in [5, 5.41) is 12.7. The van der Waals surface area contributed by atoms with Gasteiger partial charge in [0.2, 0.25) is 0 Å². The lowest BCUT2D eigenvalue weighted by Crippen LogP contribution is -2.48. The molecule has 4 nitrogen and oxygen atoms in total. The molecule has 0 aliphatic carbocycles. The van der Waals surface area contributed by atoms with Crippen LogP contribution in [0.1, 0.15) is 27.7 Å². The molecule has 29 heavy (non-hydrogen) atoms. The van der Waals surface area contributed by atoms with Crippen LogP contribution in [0.2, 0.25) is 0 Å². The van der Waals surface area contributed by atoms with Gasteiger partial charge in [-0.05, 0) is 29.1 Å². The average molecular weight is 415 g/mol. The van der Waals surface area contributed by atoms with Crippen LogP contribution in [-0.4, -0.2) is 22.0 Å². The van der Waals surface area contributed by atoms with E-state index in [1.54, 1.807) is 41.3 Å². The Morgan fingerprint density at radius 1 is 1.07 bits per heavy atom. The van der Waals surface area contributed by atoms with Gasteiger partial charge in [0.05, 0.1) is 0 Å². The molecular formula is C22H19F2NO3S. The van der Waals surface area contributed by atoms with E-state index in [4.69, 9.17) is 4.74 Å². The second-order valence-corrected chi connectivity index (χ2v) is 7.88. The van der Waals surface area contributed by atoms with E-state index in [1.807, 2.05) is 5.38 Å². The molecule has 0 radical (unpaired) electrons. The van der Waals surface area contributed by atoms with Gasteiger partial charge in [0.15, 0.2) is 0 Å². The molecule has 7 heteroatoms. The summed E-state index contributed by atoms with van der Waals surface area (Å²) < 4.78 is 33.3. The molecule has 4 rings (SSSR count). The molecule has 0 saturated carbocycles. The highest BCUT2D eigenvalue weighted by atomic mass is 32.1. The Labute approximate surface area is 171 Å². The first-order valence-electron chi connectivity index (χ1n) is 9.16. The number of aliphatic hydroxyl groups is 1. The number of carbonyl (C=O) groups is 1. The van der Waals surface area contributed by atoms with Crippen molar-refractivity contribution >= 4 is 17.3 Å². The summed E-state index contributed by atoms with van der Waals surface area (Å²) in [4.78, 5) is 15.5. The number of carbonyl (C=O) groups excluding carboxylic acids is 1. The summed E-state index contributed by atoms with van der Waals surface area (Å²) in [6, 6.07) is 13.1. The third kappa shape index (κ3) is 4.07. The average Bonchev–Trinajstić information content (AvgIpc) is 3.18. The largest absolute Gasteiger partial charge is 0.459 e. The lowest BCUT2D eigenvalue weighted by Gasteiger charge is -2.37. The van der Waals surface area contributed by atoms with E-state index < -0.39 is 23.9 Å². The molecular weight excluding hydrogens is 396 g/mol. The summed E-state index contributed by atoms with van der Waals surface area (Å²) in [7, 11) is 0. The number of halogens is 2. The predicted molar refractivity (Wildman–Crippen MR) is 105 cm³/mol. The fraction of sp³-hybridized carbons (Fsp3) is 0.227. The number of fused-ring (bicyclic) bond motifs is 1. The van der Waals surface area contributed by atoms with Crippen LogP contribution in [-0.2, 0) is 29.2 Å². The van der Waals surface area contributed by atoms with E-state index in [2.05, 4.69) is 0 Å². The lowest BCUT2D eigenvalue weighted by atomic mass is 9.96. The van der Waals surface area contributed by atoms with Gasteiger partial charge in [-0.3, -0.25) is 9.69 Å². The monoisotopic (exact) mass is 415 g/mol. The molecule has 1 aliphatic rings. The van der Waals surface area contributed by atoms with Crippen molar-refractivity contribution in [3.63, 3.8) is 0 Å². The minimum atomic E-state index is -1.11. The number of ether oxygens (including phenoxy) is 1. The van der Waals surface area contributed by atoms with Crippen LogP contribution in [0, 0.1) is 11.6 Å². The minimum Gasteiger partial charge on any atom is -0.459 e. The Balaban J connectivity index is 1.57. The first-order valence-corrected chi connectivity index (χ1v) is 10.0. The Hall–Kier alpha value is -2.61. The molecule has 1 aliphatic heterocycles. The van der Waals surface area contributed by atoms with E-state index in [-0.39, 0.29) is 24.5 Å². The molecule has 0 saturated heterocycles. The van der Waals surface area contributed by atoms with E-state index in [0.717, 1.165) is 4.88 Å². The normalized spacial score (nSPS) is 19.0. The number of hydrogen-bond acceptors (Lipinski definition) is 5. The zero-order valence-electron chi connectivity index (χ0n) is 15.4. The number of aliphatic hydroxyl groups excluding tert-OH is 1. The van der Waals surface area contributed by atoms with Gasteiger partial charge in [-0.15, -0.1) is 11.3 Å². The first-order chi connectivity index (χ1) is 14.0. The molecule has 2 heterocycles. The lowest BCUT2D eigenvalue weighted by molar-refractivity contribution is -0.158. The fourth-order valence-electron chi connectivity index (χ4n) is 3.52. The maximum absolute atomic E-state index is 14.2. The molecule has 0 spiro atoms. The number of hydrogen-bond donors (Lipinski definition) is 1. The van der Waals surface area contributed by atoms with Crippen molar-refractivity contribution in [3.8, 4) is 0 Å². The van der Waals surface area contributed by atoms with Gasteiger partial charge in [-0.1, -0.05) is 36.4 Å². The number of nitrogens with zero attached hydrogens (tertiary/aromatic N) is 1. The Bertz CT molecular complexity index is 1020. The maximum atomic E-state index is 14.2. The molecule has 0 bridgehead atoms. The molecule has 0 fully saturated rings. The molecule has 2 aromatic carbocycles. The third-order valence-corrected chi connectivity index (χ3v) is 5.96. The molecule has 1 aromatic heterocycles. The highest BCUT2D eigenvalue weighted by Crippen LogP contribution is 2.36. The zero-order chi connectivity index (χ0) is 20.4. The van der Waals surface area contributed by atoms with Crippen molar-refractivity contribution in [2.24, 2.45) is 0 Å². The quantitative estimate of drug-likeness (QED) is 0.635.